The molecule has 1 rings (SSSR count). The minimum Gasteiger partial charge on any atom is -0.379 e. The van der Waals surface area contributed by atoms with Gasteiger partial charge in [0.05, 0.1) is 19.4 Å². The van der Waals surface area contributed by atoms with Gasteiger partial charge in [-0.1, -0.05) is 0 Å². The Morgan fingerprint density at radius 3 is 2.62 bits per heavy atom. The Labute approximate surface area is 78.0 Å². The summed E-state index contributed by atoms with van der Waals surface area (Å²) in [4.78, 5) is 12.6. The molecule has 13 heavy (non-hydrogen) atoms. The van der Waals surface area contributed by atoms with Crippen LogP contribution >= 0.6 is 0 Å². The fourth-order valence-electron chi connectivity index (χ4n) is 1.38. The number of primary amides is 1. The van der Waals surface area contributed by atoms with Crippen LogP contribution in [0.15, 0.2) is 0 Å². The van der Waals surface area contributed by atoms with Crippen molar-refractivity contribution in [1.29, 1.82) is 0 Å². The van der Waals surface area contributed by atoms with Crippen LogP contribution in [-0.2, 0) is 9.53 Å². The molecule has 4 N–H and O–H groups in total. The van der Waals surface area contributed by atoms with Crippen LogP contribution in [0.3, 0.4) is 0 Å². The molecule has 1 heterocycles. The molecule has 0 aromatic rings. The quantitative estimate of drug-likeness (QED) is 0.583. The number of nitrogens with zero attached hydrogens (tertiary/aromatic N) is 1. The molecule has 0 aromatic carbocycles. The summed E-state index contributed by atoms with van der Waals surface area (Å²) in [7, 11) is 0. The van der Waals surface area contributed by atoms with Crippen molar-refractivity contribution in [3.63, 3.8) is 0 Å². The minimum atomic E-state index is -0.288. The summed E-state index contributed by atoms with van der Waals surface area (Å²) in [5.41, 5.74) is 10.9. The lowest BCUT2D eigenvalue weighted by molar-refractivity contribution is -0.118. The summed E-state index contributed by atoms with van der Waals surface area (Å²) >= 11 is 0. The van der Waals surface area contributed by atoms with Crippen molar-refractivity contribution in [2.24, 2.45) is 11.5 Å². The number of hydrogen-bond donors (Lipinski definition) is 2. The molecule has 0 saturated carbocycles. The molecule has 5 nitrogen and oxygen atoms in total. The second-order valence-corrected chi connectivity index (χ2v) is 3.22. The molecule has 1 amide bonds. The summed E-state index contributed by atoms with van der Waals surface area (Å²) in [5, 5.41) is 0. The zero-order valence-electron chi connectivity index (χ0n) is 7.74. The summed E-state index contributed by atoms with van der Waals surface area (Å²) < 4.78 is 5.19. The lowest BCUT2D eigenvalue weighted by Gasteiger charge is -2.31. The van der Waals surface area contributed by atoms with Crippen LogP contribution in [0.1, 0.15) is 12.8 Å². The van der Waals surface area contributed by atoms with Gasteiger partial charge in [-0.05, 0) is 6.42 Å². The molecule has 1 fully saturated rings. The number of ether oxygens (including phenoxy) is 1. The van der Waals surface area contributed by atoms with Crippen LogP contribution in [0.5, 0.6) is 0 Å². The third-order valence-electron chi connectivity index (χ3n) is 2.20. The summed E-state index contributed by atoms with van der Waals surface area (Å²) in [6.07, 6.45) is 0.935. The Balaban J connectivity index is 2.20. The number of hydrogen-bond acceptors (Lipinski definition) is 4. The van der Waals surface area contributed by atoms with Gasteiger partial charge >= 0.3 is 0 Å². The molecule has 0 bridgehead atoms. The number of amides is 1. The molecule has 76 valence electrons. The van der Waals surface area contributed by atoms with E-state index < -0.39 is 0 Å². The predicted molar refractivity (Wildman–Crippen MR) is 48.8 cm³/mol. The largest absolute Gasteiger partial charge is 0.379 e. The standard InChI is InChI=1S/C8H17N3O2/c9-7(1-2-8(10)12)11-3-5-13-6-4-11/h7H,1-6,9H2,(H2,10,12). The molecule has 1 saturated heterocycles. The first-order valence-electron chi connectivity index (χ1n) is 4.56. The number of carbonyl (C=O) groups excluding carboxylic acids is 1. The van der Waals surface area contributed by atoms with Gasteiger partial charge in [-0.25, -0.2) is 0 Å². The Bertz CT molecular complexity index is 169. The molecule has 1 atom stereocenters. The van der Waals surface area contributed by atoms with Gasteiger partial charge < -0.3 is 16.2 Å². The maximum absolute atomic E-state index is 10.5. The maximum atomic E-state index is 10.5. The van der Waals surface area contributed by atoms with Crippen molar-refractivity contribution in [2.75, 3.05) is 26.3 Å². The van der Waals surface area contributed by atoms with Crippen molar-refractivity contribution >= 4 is 5.91 Å². The molecule has 0 spiro atoms. The number of nitrogens with two attached hydrogens (primary N) is 2. The van der Waals surface area contributed by atoms with Gasteiger partial charge in [-0.3, -0.25) is 9.69 Å². The highest BCUT2D eigenvalue weighted by atomic mass is 16.5. The highest BCUT2D eigenvalue weighted by Crippen LogP contribution is 2.04. The summed E-state index contributed by atoms with van der Waals surface area (Å²) in [6, 6.07) is 0. The fraction of sp³-hybridized carbons (Fsp3) is 0.875. The third-order valence-corrected chi connectivity index (χ3v) is 2.20. The molecule has 0 aliphatic carbocycles. The van der Waals surface area contributed by atoms with Crippen LogP contribution in [-0.4, -0.2) is 43.3 Å². The van der Waals surface area contributed by atoms with Crippen LogP contribution < -0.4 is 11.5 Å². The van der Waals surface area contributed by atoms with Gasteiger partial charge in [0.1, 0.15) is 0 Å². The highest BCUT2D eigenvalue weighted by molar-refractivity contribution is 5.73. The molecule has 0 radical (unpaired) electrons. The number of rotatable bonds is 4. The Hall–Kier alpha value is -0.650. The van der Waals surface area contributed by atoms with Gasteiger partial charge in [0.2, 0.25) is 5.91 Å². The smallest absolute Gasteiger partial charge is 0.217 e. The molecule has 1 aliphatic heterocycles. The van der Waals surface area contributed by atoms with Gasteiger partial charge in [-0.2, -0.15) is 0 Å². The highest BCUT2D eigenvalue weighted by Gasteiger charge is 2.17. The van der Waals surface area contributed by atoms with Crippen molar-refractivity contribution in [1.82, 2.24) is 4.90 Å². The first kappa shape index (κ1) is 10.4. The SMILES string of the molecule is NC(=O)CCC(N)N1CCOCC1. The van der Waals surface area contributed by atoms with Gasteiger partial charge in [-0.15, -0.1) is 0 Å². The number of morpholine rings is 1. The van der Waals surface area contributed by atoms with E-state index in [0.29, 0.717) is 12.8 Å². The summed E-state index contributed by atoms with van der Waals surface area (Å²) in [5.74, 6) is -0.288. The normalized spacial score (nSPS) is 21.3. The van der Waals surface area contributed by atoms with Gasteiger partial charge in [0.15, 0.2) is 0 Å². The minimum absolute atomic E-state index is 0.0589. The zero-order chi connectivity index (χ0) is 9.68. The first-order valence-corrected chi connectivity index (χ1v) is 4.56. The van der Waals surface area contributed by atoms with E-state index in [9.17, 15) is 4.79 Å². The van der Waals surface area contributed by atoms with E-state index in [4.69, 9.17) is 16.2 Å². The first-order chi connectivity index (χ1) is 6.20. The second kappa shape index (κ2) is 5.16. The molecular formula is C8H17N3O2. The van der Waals surface area contributed by atoms with E-state index in [1.165, 1.54) is 0 Å². The lowest BCUT2D eigenvalue weighted by Crippen LogP contribution is -2.48. The van der Waals surface area contributed by atoms with Gasteiger partial charge in [0.25, 0.3) is 0 Å². The van der Waals surface area contributed by atoms with Crippen molar-refractivity contribution in [2.45, 2.75) is 19.0 Å². The summed E-state index contributed by atoms with van der Waals surface area (Å²) in [6.45, 7) is 3.15. The Morgan fingerprint density at radius 1 is 1.46 bits per heavy atom. The average molecular weight is 187 g/mol. The monoisotopic (exact) mass is 187 g/mol. The third kappa shape index (κ3) is 3.71. The van der Waals surface area contributed by atoms with E-state index in [1.54, 1.807) is 0 Å². The van der Waals surface area contributed by atoms with E-state index in [-0.39, 0.29) is 12.1 Å². The predicted octanol–water partition coefficient (Wildman–Crippen LogP) is -1.13. The fourth-order valence-corrected chi connectivity index (χ4v) is 1.38. The molecule has 1 unspecified atom stereocenters. The van der Waals surface area contributed by atoms with Crippen molar-refractivity contribution in [3.8, 4) is 0 Å². The topological polar surface area (TPSA) is 81.6 Å². The zero-order valence-corrected chi connectivity index (χ0v) is 7.74. The molecule has 0 aromatic heterocycles. The van der Waals surface area contributed by atoms with E-state index in [0.717, 1.165) is 26.3 Å². The average Bonchev–Trinajstić information content (AvgIpc) is 2.15. The van der Waals surface area contributed by atoms with Gasteiger partial charge in [0, 0.05) is 19.5 Å². The second-order valence-electron chi connectivity index (χ2n) is 3.22. The van der Waals surface area contributed by atoms with Crippen LogP contribution in [0, 0.1) is 0 Å². The molecular weight excluding hydrogens is 170 g/mol. The molecule has 5 heteroatoms. The lowest BCUT2D eigenvalue weighted by atomic mass is 10.2. The van der Waals surface area contributed by atoms with Crippen LogP contribution in [0.25, 0.3) is 0 Å². The Morgan fingerprint density at radius 2 is 2.08 bits per heavy atom. The molecule has 1 aliphatic rings. The number of carbonyl (C=O) groups is 1. The van der Waals surface area contributed by atoms with Crippen LogP contribution in [0.4, 0.5) is 0 Å². The Kier molecular flexibility index (Phi) is 4.14. The maximum Gasteiger partial charge on any atom is 0.217 e. The van der Waals surface area contributed by atoms with Crippen molar-refractivity contribution < 1.29 is 9.53 Å². The van der Waals surface area contributed by atoms with E-state index in [2.05, 4.69) is 4.90 Å². The van der Waals surface area contributed by atoms with Crippen molar-refractivity contribution in [3.05, 3.63) is 0 Å². The van der Waals surface area contributed by atoms with E-state index >= 15 is 0 Å². The van der Waals surface area contributed by atoms with E-state index in [1.807, 2.05) is 0 Å². The van der Waals surface area contributed by atoms with Crippen LogP contribution in [0.2, 0.25) is 0 Å².